The molecule has 146 valence electrons. The second-order valence-corrected chi connectivity index (χ2v) is 8.39. The summed E-state index contributed by atoms with van der Waals surface area (Å²) in [5.41, 5.74) is 0.310. The maximum Gasteiger partial charge on any atom is 0.326 e. The average molecular weight is 398 g/mol. The Hall–Kier alpha value is -2.51. The SMILES string of the molecule is CCOC(=O)[C@]1(C)N[C@H](c2cccs2)[C@H]2C(=O)N(c3ccc(C)cc3)C(=O)[C@H]21. The number of carbonyl (C=O) groups excluding carboxylic acids is 3. The zero-order valence-corrected chi connectivity index (χ0v) is 16.8. The van der Waals surface area contributed by atoms with Crippen molar-refractivity contribution in [3.63, 3.8) is 0 Å². The summed E-state index contributed by atoms with van der Waals surface area (Å²) in [6, 6.07) is 10.7. The van der Waals surface area contributed by atoms with Gasteiger partial charge >= 0.3 is 5.97 Å². The van der Waals surface area contributed by atoms with Crippen LogP contribution in [0.1, 0.15) is 30.3 Å². The lowest BCUT2D eigenvalue weighted by molar-refractivity contribution is -0.153. The lowest BCUT2D eigenvalue weighted by atomic mass is 9.81. The van der Waals surface area contributed by atoms with Gasteiger partial charge in [0.25, 0.3) is 0 Å². The minimum Gasteiger partial charge on any atom is -0.465 e. The van der Waals surface area contributed by atoms with Crippen molar-refractivity contribution < 1.29 is 19.1 Å². The summed E-state index contributed by atoms with van der Waals surface area (Å²) in [4.78, 5) is 41.7. The first-order valence-electron chi connectivity index (χ1n) is 9.31. The lowest BCUT2D eigenvalue weighted by Gasteiger charge is -2.29. The second-order valence-electron chi connectivity index (χ2n) is 7.41. The van der Waals surface area contributed by atoms with E-state index in [-0.39, 0.29) is 18.4 Å². The fourth-order valence-electron chi connectivity index (χ4n) is 4.27. The van der Waals surface area contributed by atoms with Gasteiger partial charge in [-0.05, 0) is 44.4 Å². The zero-order chi connectivity index (χ0) is 20.1. The number of fused-ring (bicyclic) bond motifs is 1. The topological polar surface area (TPSA) is 75.7 Å². The van der Waals surface area contributed by atoms with Crippen LogP contribution in [0.15, 0.2) is 41.8 Å². The summed E-state index contributed by atoms with van der Waals surface area (Å²) in [5.74, 6) is -2.61. The number of anilines is 1. The molecule has 2 fully saturated rings. The molecule has 3 heterocycles. The normalized spacial score (nSPS) is 29.2. The summed E-state index contributed by atoms with van der Waals surface area (Å²) < 4.78 is 5.26. The van der Waals surface area contributed by atoms with Crippen molar-refractivity contribution in [3.05, 3.63) is 52.2 Å². The highest BCUT2D eigenvalue weighted by molar-refractivity contribution is 7.10. The average Bonchev–Trinajstić information content (AvgIpc) is 3.35. The summed E-state index contributed by atoms with van der Waals surface area (Å²) in [6.07, 6.45) is 0. The van der Waals surface area contributed by atoms with E-state index in [1.807, 2.05) is 36.6 Å². The number of thiophene rings is 1. The maximum atomic E-state index is 13.4. The van der Waals surface area contributed by atoms with Crippen LogP contribution in [0.5, 0.6) is 0 Å². The molecule has 2 amide bonds. The number of nitrogens with zero attached hydrogens (tertiary/aromatic N) is 1. The van der Waals surface area contributed by atoms with E-state index in [1.165, 1.54) is 16.2 Å². The molecule has 28 heavy (non-hydrogen) atoms. The van der Waals surface area contributed by atoms with E-state index in [1.54, 1.807) is 26.0 Å². The number of aryl methyl sites for hydroxylation is 1. The largest absolute Gasteiger partial charge is 0.465 e. The molecule has 0 radical (unpaired) electrons. The molecule has 6 nitrogen and oxygen atoms in total. The Morgan fingerprint density at radius 3 is 2.54 bits per heavy atom. The highest BCUT2D eigenvalue weighted by atomic mass is 32.1. The van der Waals surface area contributed by atoms with Gasteiger partial charge in [0.15, 0.2) is 0 Å². The van der Waals surface area contributed by atoms with Gasteiger partial charge in [-0.2, -0.15) is 0 Å². The van der Waals surface area contributed by atoms with Gasteiger partial charge in [-0.3, -0.25) is 19.7 Å². The van der Waals surface area contributed by atoms with Crippen LogP contribution in [0.25, 0.3) is 0 Å². The number of ether oxygens (including phenoxy) is 1. The predicted molar refractivity (Wildman–Crippen MR) is 106 cm³/mol. The lowest BCUT2D eigenvalue weighted by Crippen LogP contribution is -2.54. The molecule has 1 aromatic heterocycles. The third-order valence-electron chi connectivity index (χ3n) is 5.63. The highest BCUT2D eigenvalue weighted by Gasteiger charge is 2.67. The summed E-state index contributed by atoms with van der Waals surface area (Å²) in [5, 5.41) is 5.19. The zero-order valence-electron chi connectivity index (χ0n) is 16.0. The van der Waals surface area contributed by atoms with Crippen molar-refractivity contribution in [1.29, 1.82) is 0 Å². The van der Waals surface area contributed by atoms with Crippen LogP contribution in [0.4, 0.5) is 5.69 Å². The van der Waals surface area contributed by atoms with Crippen LogP contribution in [0.3, 0.4) is 0 Å². The van der Waals surface area contributed by atoms with Crippen molar-refractivity contribution in [2.24, 2.45) is 11.8 Å². The Balaban J connectivity index is 1.80. The third-order valence-corrected chi connectivity index (χ3v) is 6.58. The summed E-state index contributed by atoms with van der Waals surface area (Å²) in [6.45, 7) is 5.55. The minimum absolute atomic E-state index is 0.209. The molecule has 1 aromatic carbocycles. The number of benzene rings is 1. The molecule has 0 unspecified atom stereocenters. The molecule has 4 rings (SSSR count). The predicted octanol–water partition coefficient (Wildman–Crippen LogP) is 2.83. The molecule has 2 saturated heterocycles. The highest BCUT2D eigenvalue weighted by Crippen LogP contribution is 2.50. The molecular weight excluding hydrogens is 376 g/mol. The van der Waals surface area contributed by atoms with Crippen molar-refractivity contribution in [3.8, 4) is 0 Å². The van der Waals surface area contributed by atoms with Gasteiger partial charge in [0.05, 0.1) is 30.2 Å². The fourth-order valence-corrected chi connectivity index (χ4v) is 5.09. The molecule has 1 N–H and O–H groups in total. The number of hydrogen-bond acceptors (Lipinski definition) is 6. The quantitative estimate of drug-likeness (QED) is 0.633. The number of carbonyl (C=O) groups is 3. The minimum atomic E-state index is -1.26. The van der Waals surface area contributed by atoms with E-state index >= 15 is 0 Å². The van der Waals surface area contributed by atoms with E-state index < -0.39 is 29.4 Å². The van der Waals surface area contributed by atoms with Crippen LogP contribution >= 0.6 is 11.3 Å². The van der Waals surface area contributed by atoms with Gasteiger partial charge < -0.3 is 4.74 Å². The van der Waals surface area contributed by atoms with Crippen molar-refractivity contribution in [2.45, 2.75) is 32.4 Å². The molecule has 0 bridgehead atoms. The van der Waals surface area contributed by atoms with Gasteiger partial charge in [0, 0.05) is 4.88 Å². The fraction of sp³-hybridized carbons (Fsp3) is 0.381. The first-order valence-corrected chi connectivity index (χ1v) is 10.2. The van der Waals surface area contributed by atoms with E-state index in [0.29, 0.717) is 5.69 Å². The Kier molecular flexibility index (Phi) is 4.59. The standard InChI is InChI=1S/C21H22N2O4S/c1-4-27-20(26)21(3)16-15(17(22-21)14-6-5-11-28-14)18(24)23(19(16)25)13-9-7-12(2)8-10-13/h5-11,15-17,22H,4H2,1-3H3/t15-,16-,17+,21+/m0/s1. The van der Waals surface area contributed by atoms with E-state index in [0.717, 1.165) is 10.4 Å². The molecule has 2 aromatic rings. The molecule has 2 aliphatic rings. The first-order chi connectivity index (χ1) is 13.4. The van der Waals surface area contributed by atoms with Gasteiger partial charge in [-0.25, -0.2) is 4.90 Å². The molecule has 7 heteroatoms. The van der Waals surface area contributed by atoms with Crippen LogP contribution < -0.4 is 10.2 Å². The van der Waals surface area contributed by atoms with Crippen molar-refractivity contribution in [2.75, 3.05) is 11.5 Å². The van der Waals surface area contributed by atoms with Gasteiger partial charge in [-0.15, -0.1) is 11.3 Å². The molecule has 0 saturated carbocycles. The second kappa shape index (κ2) is 6.83. The third kappa shape index (κ3) is 2.69. The van der Waals surface area contributed by atoms with Crippen LogP contribution in [0, 0.1) is 18.8 Å². The van der Waals surface area contributed by atoms with Gasteiger partial charge in [0.2, 0.25) is 11.8 Å². The summed E-state index contributed by atoms with van der Waals surface area (Å²) in [7, 11) is 0. The Labute approximate surface area is 167 Å². The maximum absolute atomic E-state index is 13.4. The Morgan fingerprint density at radius 2 is 1.93 bits per heavy atom. The number of esters is 1. The van der Waals surface area contributed by atoms with Crippen LogP contribution in [-0.2, 0) is 19.1 Å². The van der Waals surface area contributed by atoms with E-state index in [4.69, 9.17) is 4.74 Å². The van der Waals surface area contributed by atoms with Crippen molar-refractivity contribution in [1.82, 2.24) is 5.32 Å². The van der Waals surface area contributed by atoms with Gasteiger partial charge in [0.1, 0.15) is 5.54 Å². The molecule has 4 atom stereocenters. The molecule has 2 aliphatic heterocycles. The number of rotatable bonds is 4. The summed E-state index contributed by atoms with van der Waals surface area (Å²) >= 11 is 1.50. The molecule has 0 spiro atoms. The number of amides is 2. The monoisotopic (exact) mass is 398 g/mol. The first kappa shape index (κ1) is 18.8. The number of hydrogen-bond donors (Lipinski definition) is 1. The number of imide groups is 1. The Morgan fingerprint density at radius 1 is 1.21 bits per heavy atom. The smallest absolute Gasteiger partial charge is 0.326 e. The van der Waals surface area contributed by atoms with Crippen molar-refractivity contribution >= 4 is 34.8 Å². The molecular formula is C21H22N2O4S. The number of nitrogens with one attached hydrogen (secondary N) is 1. The Bertz CT molecular complexity index is 924. The van der Waals surface area contributed by atoms with Crippen LogP contribution in [-0.4, -0.2) is 29.9 Å². The van der Waals surface area contributed by atoms with Gasteiger partial charge in [-0.1, -0.05) is 23.8 Å². The van der Waals surface area contributed by atoms with E-state index in [9.17, 15) is 14.4 Å². The molecule has 0 aliphatic carbocycles. The van der Waals surface area contributed by atoms with Crippen LogP contribution in [0.2, 0.25) is 0 Å². The van der Waals surface area contributed by atoms with E-state index in [2.05, 4.69) is 5.32 Å².